The van der Waals surface area contributed by atoms with Crippen LogP contribution in [0.4, 0.5) is 5.69 Å². The van der Waals surface area contributed by atoms with Crippen LogP contribution < -0.4 is 10.6 Å². The van der Waals surface area contributed by atoms with E-state index in [-0.39, 0.29) is 16.7 Å². The van der Waals surface area contributed by atoms with Crippen molar-refractivity contribution in [3.8, 4) is 0 Å². The van der Waals surface area contributed by atoms with Crippen molar-refractivity contribution in [3.05, 3.63) is 60.2 Å². The molecule has 1 aliphatic rings. The van der Waals surface area contributed by atoms with E-state index in [2.05, 4.69) is 15.0 Å². The van der Waals surface area contributed by atoms with Gasteiger partial charge in [-0.05, 0) is 30.0 Å². The molecule has 0 fully saturated rings. The molecular formula is C20H23N3O3S. The van der Waals surface area contributed by atoms with Gasteiger partial charge in [0.1, 0.15) is 10.7 Å². The Balaban J connectivity index is 1.50. The highest BCUT2D eigenvalue weighted by molar-refractivity contribution is 7.90. The molecule has 1 atom stereocenters. The minimum absolute atomic E-state index is 0.0339. The van der Waals surface area contributed by atoms with Gasteiger partial charge in [0.15, 0.2) is 0 Å². The van der Waals surface area contributed by atoms with Crippen molar-refractivity contribution in [2.24, 2.45) is 10.3 Å². The molecule has 0 saturated heterocycles. The summed E-state index contributed by atoms with van der Waals surface area (Å²) in [5.74, 6) is 0.296. The van der Waals surface area contributed by atoms with Crippen LogP contribution in [0.2, 0.25) is 0 Å². The lowest BCUT2D eigenvalue weighted by Crippen LogP contribution is -2.29. The third-order valence-corrected chi connectivity index (χ3v) is 5.70. The highest BCUT2D eigenvalue weighted by Gasteiger charge is 2.25. The van der Waals surface area contributed by atoms with Gasteiger partial charge in [-0.25, -0.2) is 0 Å². The van der Waals surface area contributed by atoms with E-state index >= 15 is 0 Å². The molecule has 1 aliphatic heterocycles. The summed E-state index contributed by atoms with van der Waals surface area (Å²) in [5.41, 5.74) is 1.71. The van der Waals surface area contributed by atoms with E-state index in [0.717, 1.165) is 6.42 Å². The van der Waals surface area contributed by atoms with Crippen LogP contribution in [-0.4, -0.2) is 26.7 Å². The summed E-state index contributed by atoms with van der Waals surface area (Å²) < 4.78 is 28.4. The van der Waals surface area contributed by atoms with Crippen molar-refractivity contribution in [3.63, 3.8) is 0 Å². The maximum atomic E-state index is 12.3. The van der Waals surface area contributed by atoms with Gasteiger partial charge in [-0.2, -0.15) is 8.42 Å². The molecule has 2 aromatic rings. The molecule has 2 aromatic carbocycles. The smallest absolute Gasteiger partial charge is 0.286 e. The minimum atomic E-state index is -3.69. The number of fused-ring (bicyclic) bond motifs is 1. The van der Waals surface area contributed by atoms with Gasteiger partial charge in [0.05, 0.1) is 5.69 Å². The standard InChI is InChI=1S/C20H23N3O3S/c1-15(14-20(24)21-12-11-16-7-3-2-4-8-16)13-19-22-17-9-5-6-10-18(17)27(25,26)23-19/h2-10,15H,11-14H2,1H3,(H,21,24)(H,22,23)/t15-/m1/s1. The first-order chi connectivity index (χ1) is 12.9. The number of rotatable bonds is 7. The van der Waals surface area contributed by atoms with E-state index in [0.29, 0.717) is 30.9 Å². The van der Waals surface area contributed by atoms with Crippen LogP contribution >= 0.6 is 0 Å². The molecular weight excluding hydrogens is 362 g/mol. The third-order valence-electron chi connectivity index (χ3n) is 4.33. The van der Waals surface area contributed by atoms with Gasteiger partial charge < -0.3 is 10.6 Å². The zero-order valence-electron chi connectivity index (χ0n) is 15.2. The van der Waals surface area contributed by atoms with Crippen molar-refractivity contribution in [2.45, 2.75) is 31.1 Å². The van der Waals surface area contributed by atoms with Gasteiger partial charge in [0, 0.05) is 19.4 Å². The summed E-state index contributed by atoms with van der Waals surface area (Å²) in [4.78, 5) is 12.3. The fourth-order valence-electron chi connectivity index (χ4n) is 3.04. The van der Waals surface area contributed by atoms with E-state index in [1.165, 1.54) is 11.6 Å². The van der Waals surface area contributed by atoms with Crippen molar-refractivity contribution in [1.82, 2.24) is 5.32 Å². The number of nitrogens with zero attached hydrogens (tertiary/aromatic N) is 1. The lowest BCUT2D eigenvalue weighted by molar-refractivity contribution is -0.121. The second kappa shape index (κ2) is 8.35. The summed E-state index contributed by atoms with van der Waals surface area (Å²) in [5, 5.41) is 5.97. The zero-order chi connectivity index (χ0) is 19.3. The van der Waals surface area contributed by atoms with Gasteiger partial charge in [0.25, 0.3) is 10.0 Å². The number of sulfonamides is 1. The number of nitrogens with one attached hydrogen (secondary N) is 2. The average molecular weight is 385 g/mol. The van der Waals surface area contributed by atoms with Crippen molar-refractivity contribution in [1.29, 1.82) is 0 Å². The van der Waals surface area contributed by atoms with Crippen LogP contribution in [0, 0.1) is 5.92 Å². The molecule has 0 aliphatic carbocycles. The lowest BCUT2D eigenvalue weighted by atomic mass is 10.0. The Morgan fingerprint density at radius 1 is 1.11 bits per heavy atom. The lowest BCUT2D eigenvalue weighted by Gasteiger charge is -2.20. The maximum absolute atomic E-state index is 12.3. The predicted octanol–water partition coefficient (Wildman–Crippen LogP) is 2.97. The molecule has 7 heteroatoms. The van der Waals surface area contributed by atoms with Crippen molar-refractivity contribution in [2.75, 3.05) is 11.9 Å². The Kier molecular flexibility index (Phi) is 5.91. The molecule has 3 rings (SSSR count). The molecule has 0 bridgehead atoms. The second-order valence-electron chi connectivity index (χ2n) is 6.73. The second-order valence-corrected chi connectivity index (χ2v) is 8.31. The number of para-hydroxylation sites is 1. The topological polar surface area (TPSA) is 87.6 Å². The van der Waals surface area contributed by atoms with Gasteiger partial charge in [0.2, 0.25) is 5.91 Å². The third kappa shape index (κ3) is 5.17. The first-order valence-electron chi connectivity index (χ1n) is 8.94. The van der Waals surface area contributed by atoms with E-state index in [9.17, 15) is 13.2 Å². The molecule has 27 heavy (non-hydrogen) atoms. The molecule has 0 radical (unpaired) electrons. The molecule has 6 nitrogen and oxygen atoms in total. The summed E-state index contributed by atoms with van der Waals surface area (Å²) in [6.07, 6.45) is 1.49. The van der Waals surface area contributed by atoms with Crippen LogP contribution in [-0.2, 0) is 21.2 Å². The maximum Gasteiger partial charge on any atom is 0.286 e. The number of carbonyl (C=O) groups excluding carboxylic acids is 1. The quantitative estimate of drug-likeness (QED) is 0.767. The number of hydrogen-bond acceptors (Lipinski definition) is 4. The summed E-state index contributed by atoms with van der Waals surface area (Å²) >= 11 is 0. The number of anilines is 1. The molecule has 2 N–H and O–H groups in total. The Bertz CT molecular complexity index is 940. The SMILES string of the molecule is C[C@@H](CC(=O)NCCc1ccccc1)CC1=NS(=O)(=O)c2ccccc2N1. The van der Waals surface area contributed by atoms with Crippen LogP contribution in [0.1, 0.15) is 25.3 Å². The van der Waals surface area contributed by atoms with E-state index < -0.39 is 10.0 Å². The number of carbonyl (C=O) groups is 1. The van der Waals surface area contributed by atoms with Crippen molar-refractivity contribution < 1.29 is 13.2 Å². The number of hydrogen-bond donors (Lipinski definition) is 2. The Labute approximate surface area is 159 Å². The molecule has 0 aromatic heterocycles. The molecule has 142 valence electrons. The molecule has 0 spiro atoms. The van der Waals surface area contributed by atoms with Gasteiger partial charge in [-0.1, -0.05) is 49.4 Å². The molecule has 0 saturated carbocycles. The Hall–Kier alpha value is -2.67. The fourth-order valence-corrected chi connectivity index (χ4v) is 4.19. The van der Waals surface area contributed by atoms with Crippen molar-refractivity contribution >= 4 is 27.5 Å². The first kappa shape index (κ1) is 19.1. The monoisotopic (exact) mass is 385 g/mol. The summed E-state index contributed by atoms with van der Waals surface area (Å²) in [6.45, 7) is 2.49. The van der Waals surface area contributed by atoms with Crippen LogP contribution in [0.15, 0.2) is 63.9 Å². The van der Waals surface area contributed by atoms with E-state index in [1.807, 2.05) is 37.3 Å². The van der Waals surface area contributed by atoms with Gasteiger partial charge in [-0.15, -0.1) is 4.40 Å². The van der Waals surface area contributed by atoms with Crippen LogP contribution in [0.3, 0.4) is 0 Å². The average Bonchev–Trinajstić information content (AvgIpc) is 2.62. The first-order valence-corrected chi connectivity index (χ1v) is 10.4. The summed E-state index contributed by atoms with van der Waals surface area (Å²) in [6, 6.07) is 16.6. The predicted molar refractivity (Wildman–Crippen MR) is 106 cm³/mol. The number of amidine groups is 1. The van der Waals surface area contributed by atoms with Gasteiger partial charge in [-0.3, -0.25) is 4.79 Å². The Morgan fingerprint density at radius 2 is 1.81 bits per heavy atom. The minimum Gasteiger partial charge on any atom is -0.356 e. The number of amides is 1. The highest BCUT2D eigenvalue weighted by atomic mass is 32.2. The van der Waals surface area contributed by atoms with E-state index in [4.69, 9.17) is 0 Å². The highest BCUT2D eigenvalue weighted by Crippen LogP contribution is 2.28. The molecule has 0 unspecified atom stereocenters. The fraction of sp³-hybridized carbons (Fsp3) is 0.300. The zero-order valence-corrected chi connectivity index (χ0v) is 16.0. The van der Waals surface area contributed by atoms with E-state index in [1.54, 1.807) is 18.2 Å². The largest absolute Gasteiger partial charge is 0.356 e. The van der Waals surface area contributed by atoms with Crippen LogP contribution in [0.25, 0.3) is 0 Å². The summed E-state index contributed by atoms with van der Waals surface area (Å²) in [7, 11) is -3.69. The molecule has 1 amide bonds. The normalized spacial score (nSPS) is 15.8. The Morgan fingerprint density at radius 3 is 2.59 bits per heavy atom. The van der Waals surface area contributed by atoms with Gasteiger partial charge >= 0.3 is 0 Å². The molecule has 1 heterocycles. The van der Waals surface area contributed by atoms with Crippen LogP contribution in [0.5, 0.6) is 0 Å². The number of benzene rings is 2.